The monoisotopic (exact) mass is 473 g/mol. The van der Waals surface area contributed by atoms with Crippen LogP contribution in [0.2, 0.25) is 0 Å². The average molecular weight is 474 g/mol. The molecule has 0 aromatic carbocycles. The van der Waals surface area contributed by atoms with Gasteiger partial charge in [0.1, 0.15) is 0 Å². The normalized spacial score (nSPS) is 29.8. The van der Waals surface area contributed by atoms with Gasteiger partial charge >= 0.3 is 0 Å². The van der Waals surface area contributed by atoms with Crippen molar-refractivity contribution < 1.29 is 4.74 Å². The second-order valence-corrected chi connectivity index (χ2v) is 13.5. The van der Waals surface area contributed by atoms with Crippen molar-refractivity contribution in [1.82, 2.24) is 14.7 Å². The van der Waals surface area contributed by atoms with Crippen molar-refractivity contribution in [2.24, 2.45) is 17.8 Å². The molecule has 3 saturated heterocycles. The molecule has 0 atom stereocenters. The highest BCUT2D eigenvalue weighted by Crippen LogP contribution is 2.35. The molecule has 0 spiro atoms. The molecule has 0 N–H and O–H groups in total. The molecule has 0 aromatic rings. The molecule has 0 aromatic heterocycles. The fourth-order valence-corrected chi connectivity index (χ4v) is 6.91. The quantitative estimate of drug-likeness (QED) is 0.433. The van der Waals surface area contributed by atoms with Gasteiger partial charge in [-0.25, -0.2) is 0 Å². The largest absolute Gasteiger partial charge is 0.375 e. The molecule has 3 aliphatic heterocycles. The first-order valence-corrected chi connectivity index (χ1v) is 14.7. The maximum absolute atomic E-state index is 6.55. The predicted molar refractivity (Wildman–Crippen MR) is 144 cm³/mol. The number of ether oxygens (including phenoxy) is 1. The Balaban J connectivity index is 1.05. The van der Waals surface area contributed by atoms with Crippen molar-refractivity contribution in [3.05, 3.63) is 11.1 Å². The van der Waals surface area contributed by atoms with Crippen LogP contribution in [0.3, 0.4) is 0 Å². The molecule has 196 valence electrons. The van der Waals surface area contributed by atoms with Crippen molar-refractivity contribution in [2.45, 2.75) is 111 Å². The van der Waals surface area contributed by atoms with Crippen molar-refractivity contribution in [2.75, 3.05) is 52.4 Å². The zero-order chi connectivity index (χ0) is 24.3. The van der Waals surface area contributed by atoms with Gasteiger partial charge in [0.2, 0.25) is 0 Å². The molecule has 1 aliphatic carbocycles. The molecule has 3 heterocycles. The zero-order valence-corrected chi connectivity index (χ0v) is 23.5. The smallest absolute Gasteiger partial charge is 0.0603 e. The summed E-state index contributed by atoms with van der Waals surface area (Å²) in [4.78, 5) is 8.14. The Labute approximate surface area is 211 Å². The van der Waals surface area contributed by atoms with E-state index in [1.807, 2.05) is 0 Å². The van der Waals surface area contributed by atoms with Crippen LogP contribution in [0, 0.1) is 17.8 Å². The van der Waals surface area contributed by atoms with Crippen LogP contribution in [0.5, 0.6) is 0 Å². The number of rotatable bonds is 7. The highest BCUT2D eigenvalue weighted by Gasteiger charge is 2.35. The van der Waals surface area contributed by atoms with Crippen molar-refractivity contribution >= 4 is 0 Å². The van der Waals surface area contributed by atoms with Crippen LogP contribution in [0.1, 0.15) is 92.9 Å². The summed E-state index contributed by atoms with van der Waals surface area (Å²) in [6.45, 7) is 24.3. The molecule has 4 fully saturated rings. The van der Waals surface area contributed by atoms with Gasteiger partial charge in [0, 0.05) is 31.7 Å². The van der Waals surface area contributed by atoms with Crippen LogP contribution < -0.4 is 0 Å². The van der Waals surface area contributed by atoms with E-state index >= 15 is 0 Å². The highest BCUT2D eigenvalue weighted by molar-refractivity contribution is 5.11. The number of hydrogen-bond donors (Lipinski definition) is 0. The lowest BCUT2D eigenvalue weighted by atomic mass is 9.80. The topological polar surface area (TPSA) is 19.0 Å². The molecule has 4 nitrogen and oxygen atoms in total. The van der Waals surface area contributed by atoms with Gasteiger partial charge in [-0.2, -0.15) is 0 Å². The second kappa shape index (κ2) is 11.8. The summed E-state index contributed by atoms with van der Waals surface area (Å²) >= 11 is 0. The second-order valence-electron chi connectivity index (χ2n) is 13.5. The molecule has 0 radical (unpaired) electrons. The van der Waals surface area contributed by atoms with Crippen LogP contribution in [0.25, 0.3) is 0 Å². The molecule has 0 unspecified atom stereocenters. The van der Waals surface area contributed by atoms with Gasteiger partial charge < -0.3 is 14.5 Å². The fourth-order valence-electron chi connectivity index (χ4n) is 6.91. The van der Waals surface area contributed by atoms with Gasteiger partial charge in [0.15, 0.2) is 0 Å². The van der Waals surface area contributed by atoms with Crippen LogP contribution in [-0.4, -0.2) is 84.8 Å². The van der Waals surface area contributed by atoms with E-state index in [0.717, 1.165) is 17.8 Å². The maximum Gasteiger partial charge on any atom is 0.0603 e. The van der Waals surface area contributed by atoms with E-state index < -0.39 is 0 Å². The van der Waals surface area contributed by atoms with E-state index in [1.54, 1.807) is 5.57 Å². The minimum Gasteiger partial charge on any atom is -0.375 e. The van der Waals surface area contributed by atoms with E-state index in [2.05, 4.69) is 56.2 Å². The fraction of sp³-hybridized carbons (Fsp3) is 0.933. The lowest BCUT2D eigenvalue weighted by molar-refractivity contribution is -0.0993. The van der Waals surface area contributed by atoms with Crippen LogP contribution >= 0.6 is 0 Å². The predicted octanol–water partition coefficient (Wildman–Crippen LogP) is 5.82. The average Bonchev–Trinajstić information content (AvgIpc) is 2.78. The van der Waals surface area contributed by atoms with E-state index in [-0.39, 0.29) is 0 Å². The van der Waals surface area contributed by atoms with E-state index in [0.29, 0.717) is 17.7 Å². The molecule has 0 amide bonds. The number of piperidine rings is 3. The number of likely N-dealkylation sites (tertiary alicyclic amines) is 3. The standard InChI is InChI=1S/C30H55N3O/c1-23(2)24(3)27-9-13-31(14-10-27)22-26-19-29(20-26)34-28-11-15-32(16-12-28)21-25-7-17-33(18-8-25)30(4,5)6/h25-29H,7-22H2,1-6H3. The van der Waals surface area contributed by atoms with Gasteiger partial charge in [-0.15, -0.1) is 0 Å². The third-order valence-electron chi connectivity index (χ3n) is 9.70. The van der Waals surface area contributed by atoms with Gasteiger partial charge in [0.25, 0.3) is 0 Å². The molecule has 0 bridgehead atoms. The summed E-state index contributed by atoms with van der Waals surface area (Å²) in [6, 6.07) is 0. The summed E-state index contributed by atoms with van der Waals surface area (Å²) in [5.41, 5.74) is 3.51. The molecule has 4 heteroatoms. The first kappa shape index (κ1) is 26.6. The molecular formula is C30H55N3O. The summed E-state index contributed by atoms with van der Waals surface area (Å²) in [7, 11) is 0. The Kier molecular flexibility index (Phi) is 9.21. The lowest BCUT2D eigenvalue weighted by Crippen LogP contribution is -2.48. The summed E-state index contributed by atoms with van der Waals surface area (Å²) < 4.78 is 6.55. The number of allylic oxidation sites excluding steroid dienone is 2. The Morgan fingerprint density at radius 1 is 0.676 bits per heavy atom. The number of nitrogens with zero attached hydrogens (tertiary/aromatic N) is 3. The first-order valence-electron chi connectivity index (χ1n) is 14.7. The number of hydrogen-bond acceptors (Lipinski definition) is 4. The Bertz CT molecular complexity index is 649. The van der Waals surface area contributed by atoms with Crippen molar-refractivity contribution in [3.8, 4) is 0 Å². The summed E-state index contributed by atoms with van der Waals surface area (Å²) in [6.07, 6.45) is 11.7. The van der Waals surface area contributed by atoms with Crippen molar-refractivity contribution in [3.63, 3.8) is 0 Å². The Morgan fingerprint density at radius 2 is 1.21 bits per heavy atom. The summed E-state index contributed by atoms with van der Waals surface area (Å²) in [5, 5.41) is 0. The summed E-state index contributed by atoms with van der Waals surface area (Å²) in [5.74, 6) is 2.62. The van der Waals surface area contributed by atoms with Crippen molar-refractivity contribution in [1.29, 1.82) is 0 Å². The molecule has 4 rings (SSSR count). The third kappa shape index (κ3) is 7.31. The maximum atomic E-state index is 6.55. The molecular weight excluding hydrogens is 418 g/mol. The van der Waals surface area contributed by atoms with E-state index in [1.165, 1.54) is 109 Å². The van der Waals surface area contributed by atoms with E-state index in [9.17, 15) is 0 Å². The highest BCUT2D eigenvalue weighted by atomic mass is 16.5. The SMILES string of the molecule is CC(C)=C(C)C1CCN(CC2CC(OC3CCN(CC4CCN(C(C)(C)C)CC4)CC3)C2)CC1. The first-order chi connectivity index (χ1) is 16.2. The van der Waals surface area contributed by atoms with E-state index in [4.69, 9.17) is 4.74 Å². The molecule has 1 saturated carbocycles. The van der Waals surface area contributed by atoms with Crippen LogP contribution in [0.15, 0.2) is 11.1 Å². The lowest BCUT2D eigenvalue weighted by Gasteiger charge is -2.44. The Morgan fingerprint density at radius 3 is 1.74 bits per heavy atom. The van der Waals surface area contributed by atoms with Crippen LogP contribution in [-0.2, 0) is 4.74 Å². The van der Waals surface area contributed by atoms with Gasteiger partial charge in [-0.05, 0) is 137 Å². The molecule has 34 heavy (non-hydrogen) atoms. The molecule has 4 aliphatic rings. The van der Waals surface area contributed by atoms with Crippen LogP contribution in [0.4, 0.5) is 0 Å². The van der Waals surface area contributed by atoms with Gasteiger partial charge in [-0.3, -0.25) is 4.90 Å². The van der Waals surface area contributed by atoms with Gasteiger partial charge in [0.05, 0.1) is 12.2 Å². The minimum absolute atomic E-state index is 0.336. The minimum atomic E-state index is 0.336. The van der Waals surface area contributed by atoms with Gasteiger partial charge in [-0.1, -0.05) is 11.1 Å². The zero-order valence-electron chi connectivity index (χ0n) is 23.5. The Hall–Kier alpha value is -0.420. The third-order valence-corrected chi connectivity index (χ3v) is 9.70.